The van der Waals surface area contributed by atoms with Crippen molar-refractivity contribution in [1.29, 1.82) is 0 Å². The lowest BCUT2D eigenvalue weighted by atomic mass is 10.0. The predicted octanol–water partition coefficient (Wildman–Crippen LogP) is 2.72. The molecule has 2 heterocycles. The van der Waals surface area contributed by atoms with Gasteiger partial charge in [-0.25, -0.2) is 4.79 Å². The number of aryl methyl sites for hydroxylation is 1. The van der Waals surface area contributed by atoms with Gasteiger partial charge in [0.05, 0.1) is 13.7 Å². The summed E-state index contributed by atoms with van der Waals surface area (Å²) in [4.78, 5) is 46.2. The highest BCUT2D eigenvalue weighted by Gasteiger charge is 2.26. The summed E-state index contributed by atoms with van der Waals surface area (Å²) in [7, 11) is 1.29. The molecule has 0 aliphatic heterocycles. The Morgan fingerprint density at radius 1 is 1.21 bits per heavy atom. The summed E-state index contributed by atoms with van der Waals surface area (Å²) in [5, 5.41) is 0. The molecule has 0 aromatic carbocycles. The Balaban J connectivity index is 2.21. The lowest BCUT2D eigenvalue weighted by molar-refractivity contribution is -0.134. The fourth-order valence-electron chi connectivity index (χ4n) is 3.15. The molecule has 0 fully saturated rings. The molecule has 2 rings (SSSR count). The Kier molecular flexibility index (Phi) is 7.09. The number of hydrogen-bond acceptors (Lipinski definition) is 5. The number of pyridine rings is 1. The van der Waals surface area contributed by atoms with Crippen molar-refractivity contribution in [2.75, 3.05) is 20.2 Å². The van der Waals surface area contributed by atoms with Gasteiger partial charge in [0.15, 0.2) is 5.78 Å². The number of aromatic amines is 1. The molecule has 7 heteroatoms. The van der Waals surface area contributed by atoms with E-state index >= 15 is 0 Å². The first-order valence-corrected chi connectivity index (χ1v) is 9.25. The van der Waals surface area contributed by atoms with E-state index in [-0.39, 0.29) is 29.8 Å². The Labute approximate surface area is 165 Å². The van der Waals surface area contributed by atoms with Crippen LogP contribution in [0.4, 0.5) is 0 Å². The van der Waals surface area contributed by atoms with E-state index < -0.39 is 5.97 Å². The lowest BCUT2D eigenvalue weighted by Crippen LogP contribution is -2.40. The highest BCUT2D eigenvalue weighted by Crippen LogP contribution is 2.20. The first kappa shape index (κ1) is 21.3. The zero-order chi connectivity index (χ0) is 20.8. The van der Waals surface area contributed by atoms with Crippen LogP contribution in [0, 0.1) is 19.8 Å². The summed E-state index contributed by atoms with van der Waals surface area (Å²) in [5.74, 6) is -1.06. The maximum Gasteiger partial charge on any atom is 0.354 e. The third-order valence-electron chi connectivity index (χ3n) is 4.61. The third-order valence-corrected chi connectivity index (χ3v) is 4.61. The van der Waals surface area contributed by atoms with Crippen LogP contribution in [0.3, 0.4) is 0 Å². The Bertz CT molecular complexity index is 856. The number of nitrogens with zero attached hydrogens (tertiary/aromatic N) is 2. The molecule has 0 saturated heterocycles. The molecule has 7 nitrogen and oxygen atoms in total. The summed E-state index contributed by atoms with van der Waals surface area (Å²) in [6, 6.07) is 5.62. The van der Waals surface area contributed by atoms with E-state index in [0.717, 1.165) is 5.69 Å². The van der Waals surface area contributed by atoms with Crippen molar-refractivity contribution in [2.45, 2.75) is 34.1 Å². The van der Waals surface area contributed by atoms with Gasteiger partial charge >= 0.3 is 5.97 Å². The molecule has 0 atom stereocenters. The van der Waals surface area contributed by atoms with Gasteiger partial charge in [-0.15, -0.1) is 0 Å². The SMILES string of the molecule is COC(=O)c1[nH]c(C)c(C(=O)CN(CCc2ccccn2)C(=O)C(C)C)c1C. The van der Waals surface area contributed by atoms with Gasteiger partial charge in [-0.3, -0.25) is 14.6 Å². The second-order valence-corrected chi connectivity index (χ2v) is 7.03. The van der Waals surface area contributed by atoms with E-state index in [2.05, 4.69) is 9.97 Å². The van der Waals surface area contributed by atoms with Crippen molar-refractivity contribution in [1.82, 2.24) is 14.9 Å². The molecule has 2 aromatic heterocycles. The zero-order valence-corrected chi connectivity index (χ0v) is 17.0. The van der Waals surface area contributed by atoms with Crippen LogP contribution in [0.1, 0.15) is 51.6 Å². The summed E-state index contributed by atoms with van der Waals surface area (Å²) >= 11 is 0. The fraction of sp³-hybridized carbons (Fsp3) is 0.429. The number of ether oxygens (including phenoxy) is 1. The molecular weight excluding hydrogens is 358 g/mol. The first-order valence-electron chi connectivity index (χ1n) is 9.25. The van der Waals surface area contributed by atoms with Crippen molar-refractivity contribution in [2.24, 2.45) is 5.92 Å². The van der Waals surface area contributed by atoms with Gasteiger partial charge in [0.2, 0.25) is 5.91 Å². The predicted molar refractivity (Wildman–Crippen MR) is 105 cm³/mol. The summed E-state index contributed by atoms with van der Waals surface area (Å²) in [5.41, 5.74) is 2.68. The van der Waals surface area contributed by atoms with Crippen LogP contribution in [-0.2, 0) is 16.0 Å². The number of amides is 1. The molecule has 0 saturated carbocycles. The molecule has 0 unspecified atom stereocenters. The van der Waals surface area contributed by atoms with Crippen LogP contribution >= 0.6 is 0 Å². The van der Waals surface area contributed by atoms with Crippen molar-refractivity contribution < 1.29 is 19.1 Å². The number of methoxy groups -OCH3 is 1. The Morgan fingerprint density at radius 2 is 1.93 bits per heavy atom. The number of hydrogen-bond donors (Lipinski definition) is 1. The molecule has 0 radical (unpaired) electrons. The van der Waals surface area contributed by atoms with Crippen molar-refractivity contribution in [3.05, 3.63) is 52.6 Å². The van der Waals surface area contributed by atoms with Gasteiger partial charge in [0.1, 0.15) is 5.69 Å². The van der Waals surface area contributed by atoms with Crippen LogP contribution < -0.4 is 0 Å². The number of aromatic nitrogens is 2. The summed E-state index contributed by atoms with van der Waals surface area (Å²) in [6.07, 6.45) is 2.26. The second kappa shape index (κ2) is 9.30. The van der Waals surface area contributed by atoms with Gasteiger partial charge < -0.3 is 14.6 Å². The topological polar surface area (TPSA) is 92.4 Å². The molecule has 28 heavy (non-hydrogen) atoms. The summed E-state index contributed by atoms with van der Waals surface area (Å²) < 4.78 is 4.75. The number of H-pyrrole nitrogens is 1. The number of ketones is 1. The second-order valence-electron chi connectivity index (χ2n) is 7.03. The van der Waals surface area contributed by atoms with Crippen molar-refractivity contribution in [3.8, 4) is 0 Å². The summed E-state index contributed by atoms with van der Waals surface area (Å²) in [6.45, 7) is 7.39. The quantitative estimate of drug-likeness (QED) is 0.557. The molecule has 0 aliphatic carbocycles. The van der Waals surface area contributed by atoms with Crippen LogP contribution in [-0.4, -0.2) is 52.7 Å². The van der Waals surface area contributed by atoms with Gasteiger partial charge in [0.25, 0.3) is 0 Å². The van der Waals surface area contributed by atoms with E-state index in [9.17, 15) is 14.4 Å². The first-order chi connectivity index (χ1) is 13.3. The molecule has 1 amide bonds. The Morgan fingerprint density at radius 3 is 2.50 bits per heavy atom. The van der Waals surface area contributed by atoms with E-state index in [1.54, 1.807) is 24.9 Å². The van der Waals surface area contributed by atoms with Crippen LogP contribution in [0.2, 0.25) is 0 Å². The lowest BCUT2D eigenvalue weighted by Gasteiger charge is -2.24. The van der Waals surface area contributed by atoms with Gasteiger partial charge in [-0.1, -0.05) is 19.9 Å². The molecule has 150 valence electrons. The van der Waals surface area contributed by atoms with E-state index in [0.29, 0.717) is 29.8 Å². The average molecular weight is 385 g/mol. The minimum absolute atomic E-state index is 0.0516. The zero-order valence-electron chi connectivity index (χ0n) is 17.0. The molecule has 0 bridgehead atoms. The van der Waals surface area contributed by atoms with Crippen LogP contribution in [0.25, 0.3) is 0 Å². The molecule has 2 aromatic rings. The standard InChI is InChI=1S/C21H27N3O4/c1-13(2)20(26)24(11-9-16-8-6-7-10-22-16)12-17(25)18-14(3)19(21(27)28-5)23-15(18)4/h6-8,10,13,23H,9,11-12H2,1-5H3. The fourth-order valence-corrected chi connectivity index (χ4v) is 3.15. The highest BCUT2D eigenvalue weighted by molar-refractivity contribution is 6.04. The maximum atomic E-state index is 13.0. The maximum absolute atomic E-state index is 13.0. The van der Waals surface area contributed by atoms with Crippen molar-refractivity contribution >= 4 is 17.7 Å². The van der Waals surface area contributed by atoms with E-state index in [4.69, 9.17) is 4.74 Å². The number of Topliss-reactive ketones (excluding diaryl/α,β-unsaturated/α-hetero) is 1. The number of carbonyl (C=O) groups is 3. The smallest absolute Gasteiger partial charge is 0.354 e. The third kappa shape index (κ3) is 4.85. The average Bonchev–Trinajstić information content (AvgIpc) is 2.98. The van der Waals surface area contributed by atoms with E-state index in [1.165, 1.54) is 7.11 Å². The number of nitrogens with one attached hydrogen (secondary N) is 1. The molecule has 1 N–H and O–H groups in total. The number of rotatable bonds is 8. The van der Waals surface area contributed by atoms with Crippen molar-refractivity contribution in [3.63, 3.8) is 0 Å². The van der Waals surface area contributed by atoms with Crippen LogP contribution in [0.5, 0.6) is 0 Å². The van der Waals surface area contributed by atoms with Crippen LogP contribution in [0.15, 0.2) is 24.4 Å². The number of esters is 1. The van der Waals surface area contributed by atoms with E-state index in [1.807, 2.05) is 32.0 Å². The molecule has 0 spiro atoms. The Hall–Kier alpha value is -2.96. The van der Waals surface area contributed by atoms with Gasteiger partial charge in [-0.2, -0.15) is 0 Å². The normalized spacial score (nSPS) is 10.8. The van der Waals surface area contributed by atoms with Gasteiger partial charge in [-0.05, 0) is 31.5 Å². The minimum atomic E-state index is -0.523. The highest BCUT2D eigenvalue weighted by atomic mass is 16.5. The minimum Gasteiger partial charge on any atom is -0.464 e. The monoisotopic (exact) mass is 385 g/mol. The largest absolute Gasteiger partial charge is 0.464 e. The van der Waals surface area contributed by atoms with Gasteiger partial charge in [0, 0.05) is 42.0 Å². The number of carbonyl (C=O) groups excluding carboxylic acids is 3. The molecular formula is C21H27N3O4. The molecule has 0 aliphatic rings.